The standard InChI is InChI=1S/C16H22N2O2/c1-11(2)13-8-6-7-12(3)14(13)17-15(19)16(20)18-9-4-5-10-18/h6-8,11H,4-5,9-10H2,1-3H3,(H,17,19). The molecule has 0 spiro atoms. The van der Waals surface area contributed by atoms with Crippen molar-refractivity contribution in [3.8, 4) is 0 Å². The molecule has 0 aromatic heterocycles. The smallest absolute Gasteiger partial charge is 0.313 e. The molecular weight excluding hydrogens is 252 g/mol. The lowest BCUT2D eigenvalue weighted by Crippen LogP contribution is -2.38. The van der Waals surface area contributed by atoms with Crippen LogP contribution in [0.15, 0.2) is 18.2 Å². The molecule has 0 atom stereocenters. The lowest BCUT2D eigenvalue weighted by Gasteiger charge is -2.18. The van der Waals surface area contributed by atoms with E-state index in [-0.39, 0.29) is 0 Å². The normalized spacial score (nSPS) is 14.7. The Morgan fingerprint density at radius 3 is 2.45 bits per heavy atom. The number of nitrogens with zero attached hydrogens (tertiary/aromatic N) is 1. The average molecular weight is 274 g/mol. The van der Waals surface area contributed by atoms with Gasteiger partial charge in [-0.05, 0) is 36.8 Å². The number of rotatable bonds is 2. The fourth-order valence-electron chi connectivity index (χ4n) is 2.57. The highest BCUT2D eigenvalue weighted by Crippen LogP contribution is 2.27. The van der Waals surface area contributed by atoms with Crippen molar-refractivity contribution in [1.82, 2.24) is 4.90 Å². The van der Waals surface area contributed by atoms with Crippen LogP contribution in [-0.2, 0) is 9.59 Å². The fraction of sp³-hybridized carbons (Fsp3) is 0.500. The minimum Gasteiger partial charge on any atom is -0.334 e. The van der Waals surface area contributed by atoms with Crippen LogP contribution < -0.4 is 5.32 Å². The van der Waals surface area contributed by atoms with E-state index in [9.17, 15) is 9.59 Å². The number of hydrogen-bond acceptors (Lipinski definition) is 2. The number of para-hydroxylation sites is 1. The Hall–Kier alpha value is -1.84. The first kappa shape index (κ1) is 14.6. The van der Waals surface area contributed by atoms with E-state index in [0.29, 0.717) is 19.0 Å². The third kappa shape index (κ3) is 3.00. The van der Waals surface area contributed by atoms with Crippen molar-refractivity contribution in [3.05, 3.63) is 29.3 Å². The summed E-state index contributed by atoms with van der Waals surface area (Å²) in [5, 5.41) is 2.81. The summed E-state index contributed by atoms with van der Waals surface area (Å²) in [7, 11) is 0. The maximum atomic E-state index is 12.1. The number of carbonyl (C=O) groups excluding carboxylic acids is 2. The lowest BCUT2D eigenvalue weighted by molar-refractivity contribution is -0.142. The van der Waals surface area contributed by atoms with Crippen LogP contribution in [0.5, 0.6) is 0 Å². The van der Waals surface area contributed by atoms with Crippen LogP contribution in [0.1, 0.15) is 43.7 Å². The van der Waals surface area contributed by atoms with Crippen LogP contribution in [-0.4, -0.2) is 29.8 Å². The first-order valence-corrected chi connectivity index (χ1v) is 7.20. The van der Waals surface area contributed by atoms with Gasteiger partial charge in [-0.3, -0.25) is 9.59 Å². The van der Waals surface area contributed by atoms with Crippen molar-refractivity contribution in [2.75, 3.05) is 18.4 Å². The Kier molecular flexibility index (Phi) is 4.42. The molecule has 1 aromatic carbocycles. The number of anilines is 1. The molecule has 1 aliphatic heterocycles. The Bertz CT molecular complexity index is 517. The van der Waals surface area contributed by atoms with Crippen molar-refractivity contribution >= 4 is 17.5 Å². The zero-order chi connectivity index (χ0) is 14.7. The number of benzene rings is 1. The molecule has 2 amide bonds. The topological polar surface area (TPSA) is 49.4 Å². The van der Waals surface area contributed by atoms with E-state index in [1.165, 1.54) is 0 Å². The summed E-state index contributed by atoms with van der Waals surface area (Å²) in [5.74, 6) is -0.643. The van der Waals surface area contributed by atoms with Crippen molar-refractivity contribution in [1.29, 1.82) is 0 Å². The highest BCUT2D eigenvalue weighted by molar-refractivity contribution is 6.39. The molecule has 20 heavy (non-hydrogen) atoms. The zero-order valence-corrected chi connectivity index (χ0v) is 12.4. The second kappa shape index (κ2) is 6.07. The first-order valence-electron chi connectivity index (χ1n) is 7.20. The second-order valence-electron chi connectivity index (χ2n) is 5.65. The van der Waals surface area contributed by atoms with Gasteiger partial charge in [-0.15, -0.1) is 0 Å². The number of likely N-dealkylation sites (tertiary alicyclic amines) is 1. The molecule has 0 unspecified atom stereocenters. The van der Waals surface area contributed by atoms with Gasteiger partial charge in [-0.25, -0.2) is 0 Å². The van der Waals surface area contributed by atoms with Crippen LogP contribution in [0.2, 0.25) is 0 Å². The van der Waals surface area contributed by atoms with Crippen LogP contribution in [0.4, 0.5) is 5.69 Å². The van der Waals surface area contributed by atoms with E-state index < -0.39 is 11.8 Å². The monoisotopic (exact) mass is 274 g/mol. The molecule has 0 bridgehead atoms. The third-order valence-corrected chi connectivity index (χ3v) is 3.75. The highest BCUT2D eigenvalue weighted by atomic mass is 16.2. The molecule has 1 aliphatic rings. The Labute approximate surface area is 120 Å². The maximum Gasteiger partial charge on any atom is 0.313 e. The molecule has 0 aliphatic carbocycles. The molecule has 1 saturated heterocycles. The predicted molar refractivity (Wildman–Crippen MR) is 79.7 cm³/mol. The van der Waals surface area contributed by atoms with E-state index >= 15 is 0 Å². The van der Waals surface area contributed by atoms with Gasteiger partial charge in [0.15, 0.2) is 0 Å². The zero-order valence-electron chi connectivity index (χ0n) is 12.4. The SMILES string of the molecule is Cc1cccc(C(C)C)c1NC(=O)C(=O)N1CCCC1. The summed E-state index contributed by atoms with van der Waals surface area (Å²) in [6.07, 6.45) is 1.97. The molecule has 4 heteroatoms. The van der Waals surface area contributed by atoms with Gasteiger partial charge in [-0.2, -0.15) is 0 Å². The number of aryl methyl sites for hydroxylation is 1. The molecule has 1 heterocycles. The summed E-state index contributed by atoms with van der Waals surface area (Å²) in [6, 6.07) is 5.91. The molecule has 0 radical (unpaired) electrons. The van der Waals surface area contributed by atoms with E-state index in [1.807, 2.05) is 25.1 Å². The van der Waals surface area contributed by atoms with Crippen molar-refractivity contribution in [2.45, 2.75) is 39.5 Å². The molecule has 0 saturated carbocycles. The van der Waals surface area contributed by atoms with Gasteiger partial charge >= 0.3 is 11.8 Å². The number of carbonyl (C=O) groups is 2. The molecule has 4 nitrogen and oxygen atoms in total. The summed E-state index contributed by atoms with van der Waals surface area (Å²) >= 11 is 0. The van der Waals surface area contributed by atoms with Crippen LogP contribution in [0.25, 0.3) is 0 Å². The molecule has 1 N–H and O–H groups in total. The molecule has 1 aromatic rings. The van der Waals surface area contributed by atoms with E-state index in [4.69, 9.17) is 0 Å². The number of hydrogen-bond donors (Lipinski definition) is 1. The van der Waals surface area contributed by atoms with Crippen molar-refractivity contribution in [2.24, 2.45) is 0 Å². The van der Waals surface area contributed by atoms with Crippen LogP contribution >= 0.6 is 0 Å². The Morgan fingerprint density at radius 2 is 1.85 bits per heavy atom. The average Bonchev–Trinajstić information content (AvgIpc) is 2.93. The summed E-state index contributed by atoms with van der Waals surface area (Å²) in [5.41, 5.74) is 2.83. The Balaban J connectivity index is 2.17. The van der Waals surface area contributed by atoms with E-state index in [0.717, 1.165) is 29.7 Å². The fourth-order valence-corrected chi connectivity index (χ4v) is 2.57. The largest absolute Gasteiger partial charge is 0.334 e. The second-order valence-corrected chi connectivity index (χ2v) is 5.65. The van der Waals surface area contributed by atoms with Gasteiger partial charge in [0.2, 0.25) is 0 Å². The van der Waals surface area contributed by atoms with Gasteiger partial charge in [0.25, 0.3) is 0 Å². The Morgan fingerprint density at radius 1 is 1.20 bits per heavy atom. The van der Waals surface area contributed by atoms with Gasteiger partial charge in [0.05, 0.1) is 0 Å². The van der Waals surface area contributed by atoms with Gasteiger partial charge < -0.3 is 10.2 Å². The molecule has 1 fully saturated rings. The summed E-state index contributed by atoms with van der Waals surface area (Å²) in [4.78, 5) is 25.8. The van der Waals surface area contributed by atoms with Crippen LogP contribution in [0, 0.1) is 6.92 Å². The van der Waals surface area contributed by atoms with Crippen molar-refractivity contribution < 1.29 is 9.59 Å². The molecule has 2 rings (SSSR count). The van der Waals surface area contributed by atoms with Crippen molar-refractivity contribution in [3.63, 3.8) is 0 Å². The van der Waals surface area contributed by atoms with E-state index in [2.05, 4.69) is 19.2 Å². The van der Waals surface area contributed by atoms with Crippen LogP contribution in [0.3, 0.4) is 0 Å². The van der Waals surface area contributed by atoms with Gasteiger partial charge in [0.1, 0.15) is 0 Å². The molecular formula is C16H22N2O2. The molecule has 108 valence electrons. The first-order chi connectivity index (χ1) is 9.50. The number of amides is 2. The highest BCUT2D eigenvalue weighted by Gasteiger charge is 2.25. The quantitative estimate of drug-likeness (QED) is 0.843. The summed E-state index contributed by atoms with van der Waals surface area (Å²) in [6.45, 7) is 7.48. The minimum absolute atomic E-state index is 0.298. The van der Waals surface area contributed by atoms with E-state index in [1.54, 1.807) is 4.90 Å². The minimum atomic E-state index is -0.525. The maximum absolute atomic E-state index is 12.1. The summed E-state index contributed by atoms with van der Waals surface area (Å²) < 4.78 is 0. The number of nitrogens with one attached hydrogen (secondary N) is 1. The third-order valence-electron chi connectivity index (χ3n) is 3.75. The predicted octanol–water partition coefficient (Wildman–Crippen LogP) is 2.68. The van der Waals surface area contributed by atoms with Gasteiger partial charge in [-0.1, -0.05) is 32.0 Å². The lowest BCUT2D eigenvalue weighted by atomic mass is 9.98. The van der Waals surface area contributed by atoms with Gasteiger partial charge in [0, 0.05) is 18.8 Å².